The summed E-state index contributed by atoms with van der Waals surface area (Å²) >= 11 is 3.41. The van der Waals surface area contributed by atoms with Crippen molar-refractivity contribution in [1.29, 1.82) is 0 Å². The molecule has 3 amide bonds. The molecule has 0 bridgehead atoms. The van der Waals surface area contributed by atoms with Gasteiger partial charge in [-0.15, -0.1) is 0 Å². The second-order valence-electron chi connectivity index (χ2n) is 8.18. The molecule has 4 rings (SSSR count). The van der Waals surface area contributed by atoms with E-state index in [1.54, 1.807) is 13.1 Å². The lowest BCUT2D eigenvalue weighted by Gasteiger charge is -2.20. The molecule has 0 unspecified atom stereocenters. The monoisotopic (exact) mass is 493 g/mol. The summed E-state index contributed by atoms with van der Waals surface area (Å²) in [6.45, 7) is 1.79. The molecule has 3 aromatic rings. The van der Waals surface area contributed by atoms with Gasteiger partial charge in [-0.1, -0.05) is 40.2 Å². The summed E-state index contributed by atoms with van der Waals surface area (Å²) in [6.07, 6.45) is 1.75. The van der Waals surface area contributed by atoms with E-state index in [2.05, 4.69) is 26.6 Å². The number of hydrogen-bond acceptors (Lipinski definition) is 3. The maximum atomic E-state index is 13.3. The number of nitrogens with zero attached hydrogens (tertiary/aromatic N) is 1. The van der Waals surface area contributed by atoms with Gasteiger partial charge in [0.15, 0.2) is 0 Å². The molecule has 0 radical (unpaired) electrons. The number of benzene rings is 3. The standard InChI is InChI=1S/C25H24BrN3O3/c1-15-11-19(26)9-10-21(15)27-23(30)14-29(2)25(32)20-12-17-5-3-4-6-18(17)13-22(20)28-24(31)16-7-8-16/h3-6,9-13,16H,7-8,14H2,1-2H3,(H,27,30)(H,28,31). The molecule has 32 heavy (non-hydrogen) atoms. The zero-order chi connectivity index (χ0) is 22.8. The smallest absolute Gasteiger partial charge is 0.256 e. The summed E-state index contributed by atoms with van der Waals surface area (Å²) in [7, 11) is 1.58. The predicted molar refractivity (Wildman–Crippen MR) is 130 cm³/mol. The molecular weight excluding hydrogens is 470 g/mol. The highest BCUT2D eigenvalue weighted by Gasteiger charge is 2.30. The van der Waals surface area contributed by atoms with E-state index in [0.717, 1.165) is 33.7 Å². The second kappa shape index (κ2) is 9.12. The molecule has 0 aliphatic heterocycles. The van der Waals surface area contributed by atoms with Crippen LogP contribution in [0.4, 0.5) is 11.4 Å². The minimum atomic E-state index is -0.329. The van der Waals surface area contributed by atoms with Gasteiger partial charge in [-0.05, 0) is 66.4 Å². The first-order valence-electron chi connectivity index (χ1n) is 10.5. The average Bonchev–Trinajstić information content (AvgIpc) is 3.60. The second-order valence-corrected chi connectivity index (χ2v) is 9.09. The van der Waals surface area contributed by atoms with Gasteiger partial charge in [-0.3, -0.25) is 14.4 Å². The number of halogens is 1. The Labute approximate surface area is 195 Å². The fourth-order valence-electron chi connectivity index (χ4n) is 3.55. The van der Waals surface area contributed by atoms with Crippen LogP contribution < -0.4 is 10.6 Å². The van der Waals surface area contributed by atoms with Crippen LogP contribution in [-0.2, 0) is 9.59 Å². The Morgan fingerprint density at radius 1 is 0.969 bits per heavy atom. The number of hydrogen-bond donors (Lipinski definition) is 2. The molecule has 0 saturated heterocycles. The van der Waals surface area contributed by atoms with Gasteiger partial charge in [0.1, 0.15) is 0 Å². The highest BCUT2D eigenvalue weighted by atomic mass is 79.9. The van der Waals surface area contributed by atoms with Gasteiger partial charge in [0.2, 0.25) is 11.8 Å². The molecule has 0 heterocycles. The van der Waals surface area contributed by atoms with E-state index in [4.69, 9.17) is 0 Å². The van der Waals surface area contributed by atoms with E-state index in [9.17, 15) is 14.4 Å². The molecular formula is C25H24BrN3O3. The lowest BCUT2D eigenvalue weighted by Crippen LogP contribution is -2.35. The molecule has 1 aliphatic carbocycles. The van der Waals surface area contributed by atoms with E-state index < -0.39 is 0 Å². The summed E-state index contributed by atoms with van der Waals surface area (Å²) in [5.74, 6) is -0.678. The summed E-state index contributed by atoms with van der Waals surface area (Å²) < 4.78 is 0.928. The first-order valence-corrected chi connectivity index (χ1v) is 11.3. The van der Waals surface area contributed by atoms with Gasteiger partial charge in [-0.25, -0.2) is 0 Å². The third kappa shape index (κ3) is 4.99. The van der Waals surface area contributed by atoms with Crippen molar-refractivity contribution in [2.24, 2.45) is 5.92 Å². The maximum absolute atomic E-state index is 13.3. The minimum absolute atomic E-state index is 0.0158. The van der Waals surface area contributed by atoms with Crippen molar-refractivity contribution in [3.8, 4) is 0 Å². The van der Waals surface area contributed by atoms with Crippen molar-refractivity contribution in [2.45, 2.75) is 19.8 Å². The molecule has 2 N–H and O–H groups in total. The Bertz CT molecular complexity index is 1220. The zero-order valence-corrected chi connectivity index (χ0v) is 19.5. The van der Waals surface area contributed by atoms with Crippen LogP contribution in [0.25, 0.3) is 10.8 Å². The molecule has 1 aliphatic rings. The van der Waals surface area contributed by atoms with Crippen molar-refractivity contribution < 1.29 is 14.4 Å². The molecule has 1 saturated carbocycles. The van der Waals surface area contributed by atoms with E-state index >= 15 is 0 Å². The third-order valence-electron chi connectivity index (χ3n) is 5.51. The number of amides is 3. The van der Waals surface area contributed by atoms with Crippen molar-refractivity contribution in [2.75, 3.05) is 24.2 Å². The molecule has 0 aromatic heterocycles. The Kier molecular flexibility index (Phi) is 6.28. The highest BCUT2D eigenvalue weighted by Crippen LogP contribution is 2.32. The first-order chi connectivity index (χ1) is 15.3. The SMILES string of the molecule is Cc1cc(Br)ccc1NC(=O)CN(C)C(=O)c1cc2ccccc2cc1NC(=O)C1CC1. The number of aryl methyl sites for hydroxylation is 1. The highest BCUT2D eigenvalue weighted by molar-refractivity contribution is 9.10. The van der Waals surface area contributed by atoms with E-state index in [1.165, 1.54) is 4.90 Å². The Hall–Kier alpha value is -3.19. The number of fused-ring (bicyclic) bond motifs is 1. The fourth-order valence-corrected chi connectivity index (χ4v) is 4.03. The van der Waals surface area contributed by atoms with Crippen LogP contribution in [0.3, 0.4) is 0 Å². The van der Waals surface area contributed by atoms with Gasteiger partial charge in [0.25, 0.3) is 5.91 Å². The largest absolute Gasteiger partial charge is 0.332 e. The van der Waals surface area contributed by atoms with Gasteiger partial charge in [0, 0.05) is 23.1 Å². The van der Waals surface area contributed by atoms with E-state index in [-0.39, 0.29) is 30.2 Å². The number of carbonyl (C=O) groups excluding carboxylic acids is 3. The third-order valence-corrected chi connectivity index (χ3v) is 6.01. The molecule has 0 spiro atoms. The van der Waals surface area contributed by atoms with Crippen LogP contribution in [0, 0.1) is 12.8 Å². The van der Waals surface area contributed by atoms with Crippen LogP contribution >= 0.6 is 15.9 Å². The summed E-state index contributed by atoms with van der Waals surface area (Å²) in [6, 6.07) is 16.8. The Balaban J connectivity index is 1.54. The lowest BCUT2D eigenvalue weighted by molar-refractivity contribution is -0.117. The normalized spacial score (nSPS) is 13.0. The molecule has 3 aromatic carbocycles. The van der Waals surface area contributed by atoms with Crippen LogP contribution in [0.1, 0.15) is 28.8 Å². The Morgan fingerprint density at radius 3 is 2.31 bits per heavy atom. The number of likely N-dealkylation sites (N-methyl/N-ethyl adjacent to an activating group) is 1. The summed E-state index contributed by atoms with van der Waals surface area (Å²) in [5, 5.41) is 7.59. The van der Waals surface area contributed by atoms with E-state index in [1.807, 2.05) is 55.5 Å². The van der Waals surface area contributed by atoms with Crippen LogP contribution in [0.15, 0.2) is 59.1 Å². The van der Waals surface area contributed by atoms with Crippen LogP contribution in [-0.4, -0.2) is 36.2 Å². The first kappa shape index (κ1) is 22.0. The average molecular weight is 494 g/mol. The van der Waals surface area contributed by atoms with Crippen molar-refractivity contribution >= 4 is 55.8 Å². The molecule has 1 fully saturated rings. The topological polar surface area (TPSA) is 78.5 Å². The lowest BCUT2D eigenvalue weighted by atomic mass is 10.0. The van der Waals surface area contributed by atoms with Gasteiger partial charge in [-0.2, -0.15) is 0 Å². The summed E-state index contributed by atoms with van der Waals surface area (Å²) in [4.78, 5) is 39.6. The van der Waals surface area contributed by atoms with E-state index in [0.29, 0.717) is 16.9 Å². The molecule has 6 nitrogen and oxygen atoms in total. The summed E-state index contributed by atoms with van der Waals surface area (Å²) in [5.41, 5.74) is 2.46. The Morgan fingerprint density at radius 2 is 1.66 bits per heavy atom. The quantitative estimate of drug-likeness (QED) is 0.508. The fraction of sp³-hybridized carbons (Fsp3) is 0.240. The van der Waals surface area contributed by atoms with Gasteiger partial charge in [0.05, 0.1) is 17.8 Å². The van der Waals surface area contributed by atoms with Crippen molar-refractivity contribution in [3.63, 3.8) is 0 Å². The number of rotatable bonds is 6. The van der Waals surface area contributed by atoms with Crippen LogP contribution in [0.5, 0.6) is 0 Å². The number of nitrogens with one attached hydrogen (secondary N) is 2. The zero-order valence-electron chi connectivity index (χ0n) is 17.9. The van der Waals surface area contributed by atoms with Gasteiger partial charge < -0.3 is 15.5 Å². The predicted octanol–water partition coefficient (Wildman–Crippen LogP) is 4.97. The minimum Gasteiger partial charge on any atom is -0.332 e. The maximum Gasteiger partial charge on any atom is 0.256 e. The van der Waals surface area contributed by atoms with Crippen molar-refractivity contribution in [1.82, 2.24) is 4.90 Å². The molecule has 164 valence electrons. The molecule has 7 heteroatoms. The van der Waals surface area contributed by atoms with Crippen LogP contribution in [0.2, 0.25) is 0 Å². The van der Waals surface area contributed by atoms with Crippen molar-refractivity contribution in [3.05, 3.63) is 70.2 Å². The number of anilines is 2. The number of carbonyl (C=O) groups is 3. The van der Waals surface area contributed by atoms with Gasteiger partial charge >= 0.3 is 0 Å². The molecule has 0 atom stereocenters.